The fourth-order valence-corrected chi connectivity index (χ4v) is 3.24. The first kappa shape index (κ1) is 13.3. The van der Waals surface area contributed by atoms with Gasteiger partial charge in [-0.25, -0.2) is 0 Å². The third-order valence-electron chi connectivity index (χ3n) is 4.32. The zero-order valence-electron chi connectivity index (χ0n) is 11.2. The molecular weight excluding hydrogens is 212 g/mol. The normalized spacial score (nSPS) is 32.1. The van der Waals surface area contributed by atoms with E-state index in [0.29, 0.717) is 18.8 Å². The first-order valence-electron chi connectivity index (χ1n) is 7.39. The van der Waals surface area contributed by atoms with Crippen LogP contribution in [0, 0.1) is 5.92 Å². The fraction of sp³-hybridized carbons (Fsp3) is 1.00. The van der Waals surface area contributed by atoms with Crippen LogP contribution in [-0.2, 0) is 4.74 Å². The van der Waals surface area contributed by atoms with Crippen LogP contribution < -0.4 is 5.73 Å². The van der Waals surface area contributed by atoms with E-state index in [9.17, 15) is 0 Å². The molecule has 2 atom stereocenters. The summed E-state index contributed by atoms with van der Waals surface area (Å²) in [6.07, 6.45) is 8.69. The Hall–Kier alpha value is -0.120. The molecule has 0 spiro atoms. The lowest BCUT2D eigenvalue weighted by Crippen LogP contribution is -2.39. The van der Waals surface area contributed by atoms with E-state index in [4.69, 9.17) is 10.5 Å². The van der Waals surface area contributed by atoms with Gasteiger partial charge in [0.25, 0.3) is 0 Å². The van der Waals surface area contributed by atoms with Crippen LogP contribution >= 0.6 is 0 Å². The summed E-state index contributed by atoms with van der Waals surface area (Å²) < 4.78 is 5.92. The molecule has 0 aromatic rings. The highest BCUT2D eigenvalue weighted by atomic mass is 16.5. The highest BCUT2D eigenvalue weighted by molar-refractivity contribution is 4.79. The van der Waals surface area contributed by atoms with Crippen molar-refractivity contribution in [2.75, 3.05) is 26.2 Å². The largest absolute Gasteiger partial charge is 0.372 e. The molecule has 2 heterocycles. The number of nitrogens with zero attached hydrogens (tertiary/aromatic N) is 1. The third kappa shape index (κ3) is 3.94. The van der Waals surface area contributed by atoms with E-state index in [2.05, 4.69) is 11.8 Å². The monoisotopic (exact) mass is 240 g/mol. The summed E-state index contributed by atoms with van der Waals surface area (Å²) in [4.78, 5) is 2.59. The molecule has 0 radical (unpaired) electrons. The van der Waals surface area contributed by atoms with Crippen LogP contribution in [0.5, 0.6) is 0 Å². The van der Waals surface area contributed by atoms with Gasteiger partial charge in [-0.3, -0.25) is 0 Å². The second-order valence-electron chi connectivity index (χ2n) is 5.73. The van der Waals surface area contributed by atoms with Gasteiger partial charge in [0.15, 0.2) is 0 Å². The van der Waals surface area contributed by atoms with E-state index in [0.717, 1.165) is 18.9 Å². The molecule has 0 aromatic carbocycles. The maximum atomic E-state index is 5.92. The van der Waals surface area contributed by atoms with Gasteiger partial charge in [0.2, 0.25) is 0 Å². The van der Waals surface area contributed by atoms with Gasteiger partial charge < -0.3 is 15.4 Å². The van der Waals surface area contributed by atoms with Gasteiger partial charge in [-0.1, -0.05) is 19.8 Å². The Morgan fingerprint density at radius 1 is 1.12 bits per heavy atom. The Morgan fingerprint density at radius 3 is 2.41 bits per heavy atom. The SMILES string of the molecule is CCCC1CCN(CC2CCC(CN)O2)CC1. The van der Waals surface area contributed by atoms with E-state index in [-0.39, 0.29) is 0 Å². The lowest BCUT2D eigenvalue weighted by atomic mass is 9.92. The van der Waals surface area contributed by atoms with Crippen LogP contribution in [0.1, 0.15) is 45.4 Å². The predicted molar refractivity (Wildman–Crippen MR) is 71.0 cm³/mol. The van der Waals surface area contributed by atoms with Crippen molar-refractivity contribution in [1.82, 2.24) is 4.90 Å². The van der Waals surface area contributed by atoms with Crippen molar-refractivity contribution < 1.29 is 4.74 Å². The molecule has 17 heavy (non-hydrogen) atoms. The Kier molecular flexibility index (Phi) is 5.26. The van der Waals surface area contributed by atoms with E-state index in [1.54, 1.807) is 0 Å². The molecule has 2 aliphatic rings. The molecular formula is C14H28N2O. The zero-order valence-corrected chi connectivity index (χ0v) is 11.2. The Labute approximate surface area is 106 Å². The number of hydrogen-bond donors (Lipinski definition) is 1. The molecule has 0 aromatic heterocycles. The lowest BCUT2D eigenvalue weighted by Gasteiger charge is -2.33. The molecule has 0 aliphatic carbocycles. The molecule has 2 fully saturated rings. The summed E-state index contributed by atoms with van der Waals surface area (Å²) in [6, 6.07) is 0. The number of hydrogen-bond acceptors (Lipinski definition) is 3. The second-order valence-corrected chi connectivity index (χ2v) is 5.73. The van der Waals surface area contributed by atoms with Gasteiger partial charge in [-0.2, -0.15) is 0 Å². The zero-order chi connectivity index (χ0) is 12.1. The number of piperidine rings is 1. The number of likely N-dealkylation sites (tertiary alicyclic amines) is 1. The van der Waals surface area contributed by atoms with Crippen molar-refractivity contribution in [1.29, 1.82) is 0 Å². The van der Waals surface area contributed by atoms with E-state index < -0.39 is 0 Å². The van der Waals surface area contributed by atoms with Gasteiger partial charge in [-0.15, -0.1) is 0 Å². The summed E-state index contributed by atoms with van der Waals surface area (Å²) in [5.74, 6) is 0.984. The van der Waals surface area contributed by atoms with Crippen LogP contribution in [0.3, 0.4) is 0 Å². The average Bonchev–Trinajstić information content (AvgIpc) is 2.80. The Morgan fingerprint density at radius 2 is 1.82 bits per heavy atom. The summed E-state index contributed by atoms with van der Waals surface area (Å²) in [6.45, 7) is 6.67. The van der Waals surface area contributed by atoms with Gasteiger partial charge >= 0.3 is 0 Å². The number of ether oxygens (including phenoxy) is 1. The van der Waals surface area contributed by atoms with Gasteiger partial charge in [-0.05, 0) is 44.7 Å². The molecule has 100 valence electrons. The number of nitrogens with two attached hydrogens (primary N) is 1. The van der Waals surface area contributed by atoms with Crippen LogP contribution in [0.25, 0.3) is 0 Å². The Bertz CT molecular complexity index is 214. The molecule has 2 aliphatic heterocycles. The van der Waals surface area contributed by atoms with E-state index in [1.165, 1.54) is 45.2 Å². The van der Waals surface area contributed by atoms with E-state index in [1.807, 2.05) is 0 Å². The smallest absolute Gasteiger partial charge is 0.0707 e. The Balaban J connectivity index is 1.65. The standard InChI is InChI=1S/C14H28N2O/c1-2-3-12-6-8-16(9-7-12)11-14-5-4-13(10-15)17-14/h12-14H,2-11,15H2,1H3. The highest BCUT2D eigenvalue weighted by Gasteiger charge is 2.27. The first-order valence-corrected chi connectivity index (χ1v) is 7.39. The van der Waals surface area contributed by atoms with Crippen molar-refractivity contribution in [2.45, 2.75) is 57.7 Å². The van der Waals surface area contributed by atoms with Crippen molar-refractivity contribution in [2.24, 2.45) is 11.7 Å². The number of rotatable bonds is 5. The van der Waals surface area contributed by atoms with Crippen LogP contribution in [0.15, 0.2) is 0 Å². The molecule has 0 bridgehead atoms. The van der Waals surface area contributed by atoms with Crippen molar-refractivity contribution >= 4 is 0 Å². The maximum absolute atomic E-state index is 5.92. The van der Waals surface area contributed by atoms with Crippen molar-refractivity contribution in [3.8, 4) is 0 Å². The molecule has 0 amide bonds. The van der Waals surface area contributed by atoms with Crippen LogP contribution in [0.2, 0.25) is 0 Å². The molecule has 2 rings (SSSR count). The minimum atomic E-state index is 0.331. The fourth-order valence-electron chi connectivity index (χ4n) is 3.24. The minimum absolute atomic E-state index is 0.331. The molecule has 0 saturated carbocycles. The molecule has 2 N–H and O–H groups in total. The molecule has 3 nitrogen and oxygen atoms in total. The quantitative estimate of drug-likeness (QED) is 0.799. The minimum Gasteiger partial charge on any atom is -0.372 e. The van der Waals surface area contributed by atoms with Crippen molar-refractivity contribution in [3.63, 3.8) is 0 Å². The van der Waals surface area contributed by atoms with Gasteiger partial charge in [0.1, 0.15) is 0 Å². The molecule has 2 unspecified atom stereocenters. The van der Waals surface area contributed by atoms with Gasteiger partial charge in [0.05, 0.1) is 12.2 Å². The summed E-state index contributed by atoms with van der Waals surface area (Å²) in [5, 5.41) is 0. The highest BCUT2D eigenvalue weighted by Crippen LogP contribution is 2.24. The second kappa shape index (κ2) is 6.72. The van der Waals surface area contributed by atoms with Crippen LogP contribution in [-0.4, -0.2) is 43.3 Å². The summed E-state index contributed by atoms with van der Waals surface area (Å²) in [7, 11) is 0. The topological polar surface area (TPSA) is 38.5 Å². The summed E-state index contributed by atoms with van der Waals surface area (Å²) in [5.41, 5.74) is 5.64. The predicted octanol–water partition coefficient (Wildman–Crippen LogP) is 2.00. The third-order valence-corrected chi connectivity index (χ3v) is 4.32. The average molecular weight is 240 g/mol. The maximum Gasteiger partial charge on any atom is 0.0707 e. The van der Waals surface area contributed by atoms with Crippen LogP contribution in [0.4, 0.5) is 0 Å². The molecule has 2 saturated heterocycles. The first-order chi connectivity index (χ1) is 8.31. The lowest BCUT2D eigenvalue weighted by molar-refractivity contribution is 0.0196. The van der Waals surface area contributed by atoms with E-state index >= 15 is 0 Å². The molecule has 3 heteroatoms. The van der Waals surface area contributed by atoms with Crippen molar-refractivity contribution in [3.05, 3.63) is 0 Å². The van der Waals surface area contributed by atoms with Gasteiger partial charge in [0, 0.05) is 13.1 Å². The summed E-state index contributed by atoms with van der Waals surface area (Å²) >= 11 is 0.